The van der Waals surface area contributed by atoms with Crippen LogP contribution in [0.15, 0.2) is 30.3 Å². The van der Waals surface area contributed by atoms with Crippen molar-refractivity contribution >= 4 is 11.9 Å². The molecule has 1 heterocycles. The maximum absolute atomic E-state index is 13.6. The number of nitrogens with zero attached hydrogens (tertiary/aromatic N) is 2. The van der Waals surface area contributed by atoms with Gasteiger partial charge in [-0.15, -0.1) is 0 Å². The molecule has 5 rings (SSSR count). The number of nitrogens with one attached hydrogen (secondary N) is 1. The van der Waals surface area contributed by atoms with E-state index in [1.54, 1.807) is 0 Å². The molecule has 3 aliphatic rings. The minimum absolute atomic E-state index is 0.0848. The van der Waals surface area contributed by atoms with Gasteiger partial charge in [-0.2, -0.15) is 5.10 Å². The van der Waals surface area contributed by atoms with Crippen molar-refractivity contribution in [3.8, 4) is 0 Å². The van der Waals surface area contributed by atoms with Crippen LogP contribution in [0.25, 0.3) is 0 Å². The van der Waals surface area contributed by atoms with Crippen molar-refractivity contribution in [3.05, 3.63) is 52.8 Å². The molecule has 31 heavy (non-hydrogen) atoms. The lowest BCUT2D eigenvalue weighted by atomic mass is 9.84. The van der Waals surface area contributed by atoms with Gasteiger partial charge in [0.2, 0.25) is 0 Å². The summed E-state index contributed by atoms with van der Waals surface area (Å²) in [6, 6.07) is 10.0. The van der Waals surface area contributed by atoms with Crippen molar-refractivity contribution in [3.63, 3.8) is 0 Å². The number of rotatable bonds is 6. The molecule has 1 aromatic heterocycles. The lowest BCUT2D eigenvalue weighted by molar-refractivity contribution is -0.150. The molecule has 0 radical (unpaired) electrons. The van der Waals surface area contributed by atoms with Crippen LogP contribution < -0.4 is 5.32 Å². The Bertz CT molecular complexity index is 968. The standard InChI is InChI=1S/C25H31N3O3/c1-2-31-25(30)21-17-12-13-18(14-17)22(21)26-24(29)23-19-10-6-7-11-20(19)27-28(23)15-16-8-4-3-5-9-16/h3-5,8-9,17-18,21-22H,2,6-7,10-15H2,1H3,(H,26,29)/t17?,18?,21-,22+/m1/s1. The summed E-state index contributed by atoms with van der Waals surface area (Å²) in [6.07, 6.45) is 7.17. The van der Waals surface area contributed by atoms with Crippen molar-refractivity contribution in [2.24, 2.45) is 17.8 Å². The molecule has 0 aliphatic heterocycles. The Hall–Kier alpha value is -2.63. The zero-order chi connectivity index (χ0) is 21.4. The maximum Gasteiger partial charge on any atom is 0.311 e. The molecule has 6 nitrogen and oxygen atoms in total. The van der Waals surface area contributed by atoms with Crippen LogP contribution in [0.2, 0.25) is 0 Å². The first-order valence-electron chi connectivity index (χ1n) is 11.8. The summed E-state index contributed by atoms with van der Waals surface area (Å²) in [5.41, 5.74) is 3.96. The van der Waals surface area contributed by atoms with Crippen molar-refractivity contribution in [2.75, 3.05) is 6.61 Å². The Labute approximate surface area is 183 Å². The van der Waals surface area contributed by atoms with E-state index >= 15 is 0 Å². The number of aryl methyl sites for hydroxylation is 1. The van der Waals surface area contributed by atoms with Crippen molar-refractivity contribution in [1.82, 2.24) is 15.1 Å². The van der Waals surface area contributed by atoms with Gasteiger partial charge in [-0.3, -0.25) is 14.3 Å². The second-order valence-corrected chi connectivity index (χ2v) is 9.23. The van der Waals surface area contributed by atoms with E-state index in [2.05, 4.69) is 17.4 Å². The molecule has 4 atom stereocenters. The number of fused-ring (bicyclic) bond motifs is 3. The summed E-state index contributed by atoms with van der Waals surface area (Å²) < 4.78 is 7.25. The molecule has 2 saturated carbocycles. The summed E-state index contributed by atoms with van der Waals surface area (Å²) in [4.78, 5) is 26.3. The molecular formula is C25H31N3O3. The van der Waals surface area contributed by atoms with Crippen LogP contribution in [0.4, 0.5) is 0 Å². The predicted molar refractivity (Wildman–Crippen MR) is 117 cm³/mol. The number of carbonyl (C=O) groups excluding carboxylic acids is 2. The van der Waals surface area contributed by atoms with Crippen LogP contribution in [0.3, 0.4) is 0 Å². The minimum atomic E-state index is -0.219. The summed E-state index contributed by atoms with van der Waals surface area (Å²) in [5.74, 6) is 0.240. The van der Waals surface area contributed by atoms with Gasteiger partial charge in [-0.05, 0) is 69.3 Å². The van der Waals surface area contributed by atoms with Crippen molar-refractivity contribution in [2.45, 2.75) is 64.5 Å². The molecule has 6 heteroatoms. The smallest absolute Gasteiger partial charge is 0.311 e. The lowest BCUT2D eigenvalue weighted by Crippen LogP contribution is -2.48. The van der Waals surface area contributed by atoms with Gasteiger partial charge < -0.3 is 10.1 Å². The van der Waals surface area contributed by atoms with Gasteiger partial charge in [0, 0.05) is 11.6 Å². The van der Waals surface area contributed by atoms with E-state index in [1.807, 2.05) is 29.8 Å². The highest BCUT2D eigenvalue weighted by atomic mass is 16.5. The first kappa shape index (κ1) is 20.3. The van der Waals surface area contributed by atoms with Crippen LogP contribution in [0.1, 0.15) is 66.3 Å². The molecule has 3 aliphatic carbocycles. The highest BCUT2D eigenvalue weighted by molar-refractivity contribution is 5.95. The zero-order valence-corrected chi connectivity index (χ0v) is 18.2. The van der Waals surface area contributed by atoms with Gasteiger partial charge >= 0.3 is 5.97 Å². The van der Waals surface area contributed by atoms with Crippen LogP contribution >= 0.6 is 0 Å². The topological polar surface area (TPSA) is 73.2 Å². The maximum atomic E-state index is 13.6. The number of esters is 1. The molecule has 2 fully saturated rings. The van der Waals surface area contributed by atoms with Gasteiger partial charge in [0.05, 0.1) is 24.8 Å². The summed E-state index contributed by atoms with van der Waals surface area (Å²) >= 11 is 0. The molecule has 0 saturated heterocycles. The molecule has 164 valence electrons. The number of aromatic nitrogens is 2. The third-order valence-corrected chi connectivity index (χ3v) is 7.39. The molecule has 1 amide bonds. The SMILES string of the molecule is CCOC(=O)[C@@H]1C2CCC(C2)[C@@H]1NC(=O)c1c2c(nn1Cc1ccccc1)CCCC2. The molecule has 1 N–H and O–H groups in total. The van der Waals surface area contributed by atoms with Gasteiger partial charge in [-0.1, -0.05) is 30.3 Å². The Balaban J connectivity index is 1.43. The van der Waals surface area contributed by atoms with Crippen LogP contribution in [0, 0.1) is 17.8 Å². The Kier molecular flexibility index (Phi) is 5.55. The highest BCUT2D eigenvalue weighted by Crippen LogP contribution is 2.49. The molecule has 2 aromatic rings. The fourth-order valence-electron chi connectivity index (χ4n) is 6.03. The normalized spacial score (nSPS) is 26.5. The van der Waals surface area contributed by atoms with Crippen molar-refractivity contribution in [1.29, 1.82) is 0 Å². The molecule has 2 bridgehead atoms. The molecular weight excluding hydrogens is 390 g/mol. The summed E-state index contributed by atoms with van der Waals surface area (Å²) in [7, 11) is 0. The average molecular weight is 422 g/mol. The van der Waals surface area contributed by atoms with Crippen LogP contribution in [0.5, 0.6) is 0 Å². The Morgan fingerprint density at radius 3 is 2.71 bits per heavy atom. The van der Waals surface area contributed by atoms with E-state index in [0.29, 0.717) is 30.7 Å². The van der Waals surface area contributed by atoms with Crippen molar-refractivity contribution < 1.29 is 14.3 Å². The minimum Gasteiger partial charge on any atom is -0.466 e. The highest BCUT2D eigenvalue weighted by Gasteiger charge is 2.52. The Morgan fingerprint density at radius 1 is 1.13 bits per heavy atom. The lowest BCUT2D eigenvalue weighted by Gasteiger charge is -2.30. The molecule has 1 aromatic carbocycles. The van der Waals surface area contributed by atoms with E-state index in [-0.39, 0.29) is 23.8 Å². The Morgan fingerprint density at radius 2 is 1.90 bits per heavy atom. The third kappa shape index (κ3) is 3.77. The van der Waals surface area contributed by atoms with E-state index < -0.39 is 0 Å². The second kappa shape index (κ2) is 8.48. The quantitative estimate of drug-likeness (QED) is 0.725. The number of hydrogen-bond acceptors (Lipinski definition) is 4. The van der Waals surface area contributed by atoms with E-state index in [0.717, 1.165) is 61.8 Å². The zero-order valence-electron chi connectivity index (χ0n) is 18.2. The molecule has 0 spiro atoms. The fraction of sp³-hybridized carbons (Fsp3) is 0.560. The van der Waals surface area contributed by atoms with E-state index in [9.17, 15) is 9.59 Å². The molecule has 2 unspecified atom stereocenters. The summed E-state index contributed by atoms with van der Waals surface area (Å²) in [6.45, 7) is 2.80. The monoisotopic (exact) mass is 421 g/mol. The largest absolute Gasteiger partial charge is 0.466 e. The van der Waals surface area contributed by atoms with Gasteiger partial charge in [0.15, 0.2) is 0 Å². The predicted octanol–water partition coefficient (Wildman–Crippen LogP) is 3.52. The van der Waals surface area contributed by atoms with Crippen LogP contribution in [-0.2, 0) is 28.9 Å². The van der Waals surface area contributed by atoms with Gasteiger partial charge in [-0.25, -0.2) is 0 Å². The van der Waals surface area contributed by atoms with E-state index in [1.165, 1.54) is 0 Å². The second-order valence-electron chi connectivity index (χ2n) is 9.23. The number of benzene rings is 1. The fourth-order valence-corrected chi connectivity index (χ4v) is 6.03. The first-order chi connectivity index (χ1) is 15.2. The number of carbonyl (C=O) groups is 2. The average Bonchev–Trinajstić information content (AvgIpc) is 3.47. The van der Waals surface area contributed by atoms with Crippen LogP contribution in [-0.4, -0.2) is 34.3 Å². The number of ether oxygens (including phenoxy) is 1. The van der Waals surface area contributed by atoms with Gasteiger partial charge in [0.1, 0.15) is 5.69 Å². The number of hydrogen-bond donors (Lipinski definition) is 1. The van der Waals surface area contributed by atoms with Gasteiger partial charge in [0.25, 0.3) is 5.91 Å². The first-order valence-corrected chi connectivity index (χ1v) is 11.8. The number of amides is 1. The van der Waals surface area contributed by atoms with E-state index in [4.69, 9.17) is 9.84 Å². The third-order valence-electron chi connectivity index (χ3n) is 7.39. The summed E-state index contributed by atoms with van der Waals surface area (Å²) in [5, 5.41) is 8.12.